The molecule has 0 bridgehead atoms. The van der Waals surface area contributed by atoms with E-state index in [4.69, 9.17) is 0 Å². The van der Waals surface area contributed by atoms with Crippen molar-refractivity contribution in [2.45, 2.75) is 6.92 Å². The predicted octanol–water partition coefficient (Wildman–Crippen LogP) is 3.26. The van der Waals surface area contributed by atoms with Crippen molar-refractivity contribution in [2.75, 3.05) is 18.1 Å². The molecule has 1 aromatic rings. The summed E-state index contributed by atoms with van der Waals surface area (Å²) in [6.45, 7) is 2.11. The Hall–Kier alpha value is -0.670. The molecule has 4 heteroatoms. The van der Waals surface area contributed by atoms with Gasteiger partial charge in [0.25, 0.3) is 0 Å². The maximum Gasteiger partial charge on any atom is 0.160 e. The van der Waals surface area contributed by atoms with Gasteiger partial charge < -0.3 is 5.32 Å². The minimum atomic E-state index is 0. The number of aliphatic imine (C=N–C) groups is 1. The van der Waals surface area contributed by atoms with Crippen LogP contribution in [0, 0.1) is 0 Å². The van der Waals surface area contributed by atoms with Crippen LogP contribution in [0.5, 0.6) is 0 Å². The number of hydrogen-bond donors (Lipinski definition) is 1. The van der Waals surface area contributed by atoms with E-state index in [1.54, 1.807) is 18.8 Å². The van der Waals surface area contributed by atoms with Crippen LogP contribution in [0.3, 0.4) is 0 Å². The van der Waals surface area contributed by atoms with Gasteiger partial charge in [-0.3, -0.25) is 4.99 Å². The van der Waals surface area contributed by atoms with E-state index in [-0.39, 0.29) is 12.4 Å². The Labute approximate surface area is 95.6 Å². The Bertz CT molecular complexity index is 275. The number of rotatable bonds is 2. The van der Waals surface area contributed by atoms with Crippen molar-refractivity contribution < 1.29 is 0 Å². The lowest BCUT2D eigenvalue weighted by atomic mass is 10.3. The lowest BCUT2D eigenvalue weighted by Gasteiger charge is -2.06. The topological polar surface area (TPSA) is 24.4 Å². The monoisotopic (exact) mass is 230 g/mol. The van der Waals surface area contributed by atoms with Gasteiger partial charge in [0.2, 0.25) is 0 Å². The average Bonchev–Trinajstić information content (AvgIpc) is 2.19. The molecule has 0 aromatic heterocycles. The number of anilines is 1. The van der Waals surface area contributed by atoms with Crippen molar-refractivity contribution in [3.63, 3.8) is 0 Å². The first-order valence-electron chi connectivity index (χ1n) is 4.28. The first-order valence-corrected chi connectivity index (χ1v) is 5.27. The van der Waals surface area contributed by atoms with Crippen LogP contribution in [-0.2, 0) is 0 Å². The summed E-state index contributed by atoms with van der Waals surface area (Å²) in [7, 11) is 1.80. The maximum atomic E-state index is 4.14. The maximum absolute atomic E-state index is 4.14. The molecule has 78 valence electrons. The van der Waals surface area contributed by atoms with Gasteiger partial charge in [-0.25, -0.2) is 0 Å². The molecule has 0 aliphatic carbocycles. The van der Waals surface area contributed by atoms with E-state index in [9.17, 15) is 0 Å². The van der Waals surface area contributed by atoms with Crippen LogP contribution in [0.1, 0.15) is 6.92 Å². The molecule has 0 saturated heterocycles. The number of amidine groups is 1. The van der Waals surface area contributed by atoms with Crippen LogP contribution in [0.2, 0.25) is 0 Å². The summed E-state index contributed by atoms with van der Waals surface area (Å²) in [6.07, 6.45) is 0. The van der Waals surface area contributed by atoms with E-state index in [2.05, 4.69) is 17.2 Å². The zero-order valence-electron chi connectivity index (χ0n) is 8.36. The molecule has 0 aliphatic rings. The van der Waals surface area contributed by atoms with Crippen molar-refractivity contribution in [2.24, 2.45) is 4.99 Å². The molecule has 0 spiro atoms. The fraction of sp³-hybridized carbons (Fsp3) is 0.300. The Morgan fingerprint density at radius 1 is 1.36 bits per heavy atom. The lowest BCUT2D eigenvalue weighted by molar-refractivity contribution is 1.44. The normalized spacial score (nSPS) is 10.6. The van der Waals surface area contributed by atoms with E-state index in [0.29, 0.717) is 0 Å². The van der Waals surface area contributed by atoms with E-state index in [1.807, 2.05) is 30.3 Å². The van der Waals surface area contributed by atoms with Gasteiger partial charge in [-0.1, -0.05) is 36.9 Å². The molecule has 2 nitrogen and oxygen atoms in total. The van der Waals surface area contributed by atoms with Gasteiger partial charge in [-0.05, 0) is 17.9 Å². The second-order valence-corrected chi connectivity index (χ2v) is 3.71. The number of hydrogen-bond acceptors (Lipinski definition) is 2. The Morgan fingerprint density at radius 2 is 2.00 bits per heavy atom. The molecule has 0 fully saturated rings. The number of nitrogens with zero attached hydrogens (tertiary/aromatic N) is 1. The third-order valence-electron chi connectivity index (χ3n) is 1.51. The minimum absolute atomic E-state index is 0. The summed E-state index contributed by atoms with van der Waals surface area (Å²) in [4.78, 5) is 4.14. The highest BCUT2D eigenvalue weighted by molar-refractivity contribution is 8.14. The molecule has 0 aliphatic heterocycles. The molecule has 1 aromatic carbocycles. The van der Waals surface area contributed by atoms with E-state index in [1.165, 1.54) is 0 Å². The van der Waals surface area contributed by atoms with Crippen molar-refractivity contribution in [1.29, 1.82) is 0 Å². The first-order chi connectivity index (χ1) is 6.36. The van der Waals surface area contributed by atoms with Gasteiger partial charge in [-0.2, -0.15) is 0 Å². The number of nitrogens with one attached hydrogen (secondary N) is 1. The number of para-hydroxylation sites is 1. The van der Waals surface area contributed by atoms with Crippen molar-refractivity contribution in [1.82, 2.24) is 0 Å². The summed E-state index contributed by atoms with van der Waals surface area (Å²) < 4.78 is 0. The Balaban J connectivity index is 0.00000169. The molecule has 14 heavy (non-hydrogen) atoms. The van der Waals surface area contributed by atoms with Crippen LogP contribution < -0.4 is 5.32 Å². The molecular formula is C10H15ClN2S. The molecular weight excluding hydrogens is 216 g/mol. The smallest absolute Gasteiger partial charge is 0.160 e. The number of halogens is 1. The van der Waals surface area contributed by atoms with E-state index >= 15 is 0 Å². The Morgan fingerprint density at radius 3 is 2.50 bits per heavy atom. The van der Waals surface area contributed by atoms with Crippen LogP contribution in [0.4, 0.5) is 5.69 Å². The second-order valence-electron chi connectivity index (χ2n) is 2.45. The standard InChI is InChI=1S/C10H14N2S.ClH/c1-3-13-10(11-2)12-9-7-5-4-6-8-9;/h4-8H,3H2,1-2H3,(H,11,12);1H. The molecule has 0 saturated carbocycles. The van der Waals surface area contributed by atoms with Crippen molar-refractivity contribution in [3.05, 3.63) is 30.3 Å². The van der Waals surface area contributed by atoms with Crippen LogP contribution in [0.15, 0.2) is 35.3 Å². The lowest BCUT2D eigenvalue weighted by Crippen LogP contribution is -2.07. The second kappa shape index (κ2) is 7.71. The summed E-state index contributed by atoms with van der Waals surface area (Å²) in [5, 5.41) is 4.21. The summed E-state index contributed by atoms with van der Waals surface area (Å²) in [5.41, 5.74) is 1.09. The SMILES string of the molecule is CCSC(=NC)Nc1ccccc1.Cl. The quantitative estimate of drug-likeness (QED) is 0.623. The molecule has 1 rings (SSSR count). The highest BCUT2D eigenvalue weighted by Gasteiger charge is 1.96. The zero-order valence-corrected chi connectivity index (χ0v) is 9.99. The first kappa shape index (κ1) is 13.3. The average molecular weight is 231 g/mol. The molecule has 1 N–H and O–H groups in total. The largest absolute Gasteiger partial charge is 0.335 e. The van der Waals surface area contributed by atoms with E-state index in [0.717, 1.165) is 16.6 Å². The Kier molecular flexibility index (Phi) is 7.34. The molecule has 0 amide bonds. The summed E-state index contributed by atoms with van der Waals surface area (Å²) >= 11 is 1.71. The highest BCUT2D eigenvalue weighted by atomic mass is 35.5. The van der Waals surface area contributed by atoms with Crippen LogP contribution in [0.25, 0.3) is 0 Å². The van der Waals surface area contributed by atoms with Crippen molar-refractivity contribution in [3.8, 4) is 0 Å². The van der Waals surface area contributed by atoms with Crippen LogP contribution >= 0.6 is 24.2 Å². The minimum Gasteiger partial charge on any atom is -0.335 e. The molecule has 0 unspecified atom stereocenters. The van der Waals surface area contributed by atoms with Gasteiger partial charge in [0, 0.05) is 12.7 Å². The molecule has 0 atom stereocenters. The van der Waals surface area contributed by atoms with Gasteiger partial charge >= 0.3 is 0 Å². The number of thioether (sulfide) groups is 1. The van der Waals surface area contributed by atoms with E-state index < -0.39 is 0 Å². The number of benzene rings is 1. The third-order valence-corrected chi connectivity index (χ3v) is 2.36. The zero-order chi connectivity index (χ0) is 9.52. The molecule has 0 radical (unpaired) electrons. The van der Waals surface area contributed by atoms with Gasteiger partial charge in [0.1, 0.15) is 0 Å². The fourth-order valence-corrected chi connectivity index (χ4v) is 1.53. The third kappa shape index (κ3) is 4.53. The van der Waals surface area contributed by atoms with Crippen molar-refractivity contribution >= 4 is 35.0 Å². The van der Waals surface area contributed by atoms with Gasteiger partial charge in [0.05, 0.1) is 0 Å². The predicted molar refractivity (Wildman–Crippen MR) is 68.8 cm³/mol. The summed E-state index contributed by atoms with van der Waals surface area (Å²) in [6, 6.07) is 10.1. The highest BCUT2D eigenvalue weighted by Crippen LogP contribution is 2.10. The molecule has 0 heterocycles. The summed E-state index contributed by atoms with van der Waals surface area (Å²) in [5.74, 6) is 1.03. The van der Waals surface area contributed by atoms with Gasteiger partial charge in [-0.15, -0.1) is 12.4 Å². The fourth-order valence-electron chi connectivity index (χ4n) is 0.938. The van der Waals surface area contributed by atoms with Crippen LogP contribution in [-0.4, -0.2) is 18.0 Å². The van der Waals surface area contributed by atoms with Gasteiger partial charge in [0.15, 0.2) is 5.17 Å².